The van der Waals surface area contributed by atoms with Crippen molar-refractivity contribution in [1.29, 1.82) is 0 Å². The lowest BCUT2D eigenvalue weighted by Crippen LogP contribution is -2.08. The maximum atomic E-state index is 12.3. The fourth-order valence-electron chi connectivity index (χ4n) is 3.53. The third-order valence-electron chi connectivity index (χ3n) is 5.75. The SMILES string of the molecule is Cc1ccc(OCc2ccc(OCCCCOc3ccc(C(=O)Oc4ccc(C)cc4)cc3)cc2)cc1. The molecule has 0 amide bonds. The van der Waals surface area contributed by atoms with E-state index < -0.39 is 0 Å². The Bertz CT molecular complexity index is 1240. The number of unbranched alkanes of at least 4 members (excludes halogenated alkanes) is 1. The summed E-state index contributed by atoms with van der Waals surface area (Å²) in [6, 6.07) is 30.4. The summed E-state index contributed by atoms with van der Waals surface area (Å²) in [6.07, 6.45) is 1.74. The molecule has 0 aliphatic heterocycles. The Morgan fingerprint density at radius 2 is 0.973 bits per heavy atom. The number of esters is 1. The Kier molecular flexibility index (Phi) is 9.19. The van der Waals surface area contributed by atoms with E-state index in [4.69, 9.17) is 18.9 Å². The van der Waals surface area contributed by atoms with Crippen molar-refractivity contribution in [2.45, 2.75) is 33.3 Å². The first kappa shape index (κ1) is 25.8. The van der Waals surface area contributed by atoms with E-state index in [1.54, 1.807) is 36.4 Å². The number of carbonyl (C=O) groups is 1. The number of hydrogen-bond donors (Lipinski definition) is 0. The molecule has 0 aliphatic rings. The van der Waals surface area contributed by atoms with Crippen LogP contribution in [0, 0.1) is 13.8 Å². The van der Waals surface area contributed by atoms with Crippen molar-refractivity contribution >= 4 is 5.97 Å². The maximum Gasteiger partial charge on any atom is 0.343 e. The van der Waals surface area contributed by atoms with Crippen LogP contribution in [-0.4, -0.2) is 19.2 Å². The van der Waals surface area contributed by atoms with Gasteiger partial charge in [-0.05, 0) is 92.9 Å². The summed E-state index contributed by atoms with van der Waals surface area (Å²) in [4.78, 5) is 12.3. The fraction of sp³-hybridized carbons (Fsp3) is 0.219. The molecule has 0 aliphatic carbocycles. The number of carbonyl (C=O) groups excluding carboxylic acids is 1. The maximum absolute atomic E-state index is 12.3. The van der Waals surface area contributed by atoms with Gasteiger partial charge >= 0.3 is 5.97 Å². The van der Waals surface area contributed by atoms with E-state index in [9.17, 15) is 4.79 Å². The minimum Gasteiger partial charge on any atom is -0.494 e. The molecule has 4 aromatic rings. The molecule has 4 aromatic carbocycles. The molecule has 0 heterocycles. The molecular weight excluding hydrogens is 464 g/mol. The van der Waals surface area contributed by atoms with E-state index in [0.29, 0.717) is 31.1 Å². The van der Waals surface area contributed by atoms with Gasteiger partial charge in [-0.2, -0.15) is 0 Å². The standard InChI is InChI=1S/C32H32O5/c1-24-5-13-30(14-6-24)36-23-26-9-17-28(18-10-26)34-21-3-4-22-35-29-19-11-27(12-20-29)32(33)37-31-15-7-25(2)8-16-31/h5-20H,3-4,21-23H2,1-2H3. The van der Waals surface area contributed by atoms with E-state index in [1.807, 2.05) is 67.6 Å². The highest BCUT2D eigenvalue weighted by atomic mass is 16.5. The predicted molar refractivity (Wildman–Crippen MR) is 145 cm³/mol. The lowest BCUT2D eigenvalue weighted by atomic mass is 10.2. The first-order valence-corrected chi connectivity index (χ1v) is 12.5. The van der Waals surface area contributed by atoms with Gasteiger partial charge in [-0.15, -0.1) is 0 Å². The van der Waals surface area contributed by atoms with E-state index in [0.717, 1.165) is 41.2 Å². The molecule has 0 saturated heterocycles. The smallest absolute Gasteiger partial charge is 0.343 e. The fourth-order valence-corrected chi connectivity index (χ4v) is 3.53. The molecule has 0 atom stereocenters. The molecular formula is C32H32O5. The van der Waals surface area contributed by atoms with Crippen molar-refractivity contribution < 1.29 is 23.7 Å². The van der Waals surface area contributed by atoms with Crippen LogP contribution in [0.1, 0.15) is 39.9 Å². The molecule has 0 aromatic heterocycles. The summed E-state index contributed by atoms with van der Waals surface area (Å²) in [6.45, 7) is 5.76. The average Bonchev–Trinajstić information content (AvgIpc) is 2.92. The minimum absolute atomic E-state index is 0.389. The molecule has 5 heteroatoms. The van der Waals surface area contributed by atoms with Gasteiger partial charge in [-0.1, -0.05) is 47.5 Å². The molecule has 0 bridgehead atoms. The van der Waals surface area contributed by atoms with Crippen molar-refractivity contribution in [3.63, 3.8) is 0 Å². The lowest BCUT2D eigenvalue weighted by Gasteiger charge is -2.10. The van der Waals surface area contributed by atoms with E-state index in [2.05, 4.69) is 6.92 Å². The molecule has 5 nitrogen and oxygen atoms in total. The third-order valence-corrected chi connectivity index (χ3v) is 5.75. The van der Waals surface area contributed by atoms with Crippen LogP contribution in [0.5, 0.6) is 23.0 Å². The van der Waals surface area contributed by atoms with E-state index >= 15 is 0 Å². The second-order valence-corrected chi connectivity index (χ2v) is 8.88. The Labute approximate surface area is 218 Å². The van der Waals surface area contributed by atoms with Crippen LogP contribution in [-0.2, 0) is 6.61 Å². The monoisotopic (exact) mass is 496 g/mol. The van der Waals surface area contributed by atoms with Crippen molar-refractivity contribution in [1.82, 2.24) is 0 Å². The van der Waals surface area contributed by atoms with Gasteiger partial charge < -0.3 is 18.9 Å². The van der Waals surface area contributed by atoms with Gasteiger partial charge in [0.05, 0.1) is 18.8 Å². The van der Waals surface area contributed by atoms with Crippen LogP contribution in [0.25, 0.3) is 0 Å². The van der Waals surface area contributed by atoms with Gasteiger partial charge in [0, 0.05) is 0 Å². The second-order valence-electron chi connectivity index (χ2n) is 8.88. The predicted octanol–water partition coefficient (Wildman–Crippen LogP) is 7.34. The summed E-state index contributed by atoms with van der Waals surface area (Å²) < 4.78 is 22.8. The van der Waals surface area contributed by atoms with Gasteiger partial charge in [0.15, 0.2) is 0 Å². The molecule has 0 fully saturated rings. The van der Waals surface area contributed by atoms with Crippen LogP contribution in [0.15, 0.2) is 97.1 Å². The Morgan fingerprint density at radius 3 is 1.51 bits per heavy atom. The second kappa shape index (κ2) is 13.2. The van der Waals surface area contributed by atoms with Crippen LogP contribution < -0.4 is 18.9 Å². The summed E-state index contributed by atoms with van der Waals surface area (Å²) in [5.41, 5.74) is 3.90. The Morgan fingerprint density at radius 1 is 0.541 bits per heavy atom. The normalized spacial score (nSPS) is 10.5. The molecule has 0 N–H and O–H groups in total. The summed E-state index contributed by atoms with van der Waals surface area (Å²) in [5.74, 6) is 2.56. The highest BCUT2D eigenvalue weighted by Gasteiger charge is 2.09. The van der Waals surface area contributed by atoms with Crippen molar-refractivity contribution in [2.24, 2.45) is 0 Å². The molecule has 0 unspecified atom stereocenters. The van der Waals surface area contributed by atoms with Gasteiger partial charge in [-0.25, -0.2) is 4.79 Å². The van der Waals surface area contributed by atoms with Gasteiger partial charge in [0.25, 0.3) is 0 Å². The molecule has 0 spiro atoms. The largest absolute Gasteiger partial charge is 0.494 e. The molecule has 37 heavy (non-hydrogen) atoms. The summed E-state index contributed by atoms with van der Waals surface area (Å²) in [7, 11) is 0. The molecule has 190 valence electrons. The zero-order valence-electron chi connectivity index (χ0n) is 21.3. The van der Waals surface area contributed by atoms with Crippen molar-refractivity contribution in [3.8, 4) is 23.0 Å². The van der Waals surface area contributed by atoms with Gasteiger partial charge in [-0.3, -0.25) is 0 Å². The van der Waals surface area contributed by atoms with E-state index in [1.165, 1.54) is 5.56 Å². The Balaban J connectivity index is 1.10. The van der Waals surface area contributed by atoms with Crippen molar-refractivity contribution in [3.05, 3.63) is 119 Å². The topological polar surface area (TPSA) is 54.0 Å². The number of rotatable bonds is 12. The summed E-state index contributed by atoms with van der Waals surface area (Å²) >= 11 is 0. The highest BCUT2D eigenvalue weighted by Crippen LogP contribution is 2.18. The zero-order valence-corrected chi connectivity index (χ0v) is 21.3. The lowest BCUT2D eigenvalue weighted by molar-refractivity contribution is 0.0734. The quantitative estimate of drug-likeness (QED) is 0.117. The van der Waals surface area contributed by atoms with Crippen molar-refractivity contribution in [2.75, 3.05) is 13.2 Å². The first-order valence-electron chi connectivity index (χ1n) is 12.5. The van der Waals surface area contributed by atoms with Gasteiger partial charge in [0.2, 0.25) is 0 Å². The molecule has 0 saturated carbocycles. The average molecular weight is 497 g/mol. The van der Waals surface area contributed by atoms with Crippen LogP contribution in [0.3, 0.4) is 0 Å². The third kappa shape index (κ3) is 8.43. The number of aryl methyl sites for hydroxylation is 2. The molecule has 4 rings (SSSR count). The zero-order chi connectivity index (χ0) is 25.9. The number of hydrogen-bond acceptors (Lipinski definition) is 5. The van der Waals surface area contributed by atoms with Crippen LogP contribution in [0.2, 0.25) is 0 Å². The minimum atomic E-state index is -0.389. The van der Waals surface area contributed by atoms with E-state index in [-0.39, 0.29) is 5.97 Å². The van der Waals surface area contributed by atoms with Gasteiger partial charge in [0.1, 0.15) is 29.6 Å². The number of ether oxygens (including phenoxy) is 4. The summed E-state index contributed by atoms with van der Waals surface area (Å²) in [5, 5.41) is 0. The first-order chi connectivity index (χ1) is 18.0. The molecule has 0 radical (unpaired) electrons. The van der Waals surface area contributed by atoms with Crippen LogP contribution in [0.4, 0.5) is 0 Å². The highest BCUT2D eigenvalue weighted by molar-refractivity contribution is 5.91. The number of benzene rings is 4. The van der Waals surface area contributed by atoms with Crippen LogP contribution >= 0.6 is 0 Å². The Hall–Kier alpha value is -4.25.